The molecule has 0 aliphatic carbocycles. The Balaban J connectivity index is 2.42. The summed E-state index contributed by atoms with van der Waals surface area (Å²) >= 11 is 3.45. The van der Waals surface area contributed by atoms with Gasteiger partial charge in [-0.05, 0) is 76.0 Å². The van der Waals surface area contributed by atoms with Crippen molar-refractivity contribution in [3.63, 3.8) is 0 Å². The summed E-state index contributed by atoms with van der Waals surface area (Å²) in [4.78, 5) is 30.8. The number of rotatable bonds is 45. The molecule has 0 spiro atoms. The molecule has 0 aromatic carbocycles. The number of esters is 2. The normalized spacial score (nSPS) is 15.4. The maximum Gasteiger partial charge on any atom is 0.308 e. The minimum absolute atomic E-state index is 0.00499. The van der Waals surface area contributed by atoms with Crippen LogP contribution in [0, 0.1) is 11.8 Å². The zero-order valence-corrected chi connectivity index (χ0v) is 41.5. The number of unbranched alkanes of at least 4 members (excludes halogenated alkanes) is 16. The van der Waals surface area contributed by atoms with Gasteiger partial charge in [0, 0.05) is 37.7 Å². The van der Waals surface area contributed by atoms with E-state index in [1.165, 1.54) is 116 Å². The SMILES string of the molecule is CCCCCCCCC(CCCCCC)C(=O)OCCCSCC(O)CN(CCN1CCCC1)CC(O)CSCCCOC(=O)C(CCCCCC)CCCCCCCC. The fourth-order valence-electron chi connectivity index (χ4n) is 8.33. The fourth-order valence-corrected chi connectivity index (χ4v) is 10.1. The molecule has 2 N–H and O–H groups in total. The van der Waals surface area contributed by atoms with E-state index in [2.05, 4.69) is 37.5 Å². The molecule has 8 nitrogen and oxygen atoms in total. The molecule has 0 saturated carbocycles. The summed E-state index contributed by atoms with van der Waals surface area (Å²) in [5, 5.41) is 22.1. The zero-order valence-electron chi connectivity index (χ0n) is 39.8. The maximum absolute atomic E-state index is 13.0. The Bertz CT molecular complexity index is 894. The van der Waals surface area contributed by atoms with E-state index in [4.69, 9.17) is 9.47 Å². The first-order valence-electron chi connectivity index (χ1n) is 25.6. The zero-order chi connectivity index (χ0) is 43.7. The number of carbonyl (C=O) groups excluding carboxylic acids is 2. The highest BCUT2D eigenvalue weighted by molar-refractivity contribution is 7.99. The van der Waals surface area contributed by atoms with Gasteiger partial charge >= 0.3 is 11.9 Å². The van der Waals surface area contributed by atoms with Crippen LogP contribution in [0.3, 0.4) is 0 Å². The molecule has 1 fully saturated rings. The first kappa shape index (κ1) is 57.5. The summed E-state index contributed by atoms with van der Waals surface area (Å²) < 4.78 is 11.6. The van der Waals surface area contributed by atoms with Crippen LogP contribution in [0.1, 0.15) is 207 Å². The van der Waals surface area contributed by atoms with Crippen molar-refractivity contribution in [2.75, 3.05) is 75.5 Å². The van der Waals surface area contributed by atoms with Crippen LogP contribution in [0.4, 0.5) is 0 Å². The van der Waals surface area contributed by atoms with Crippen LogP contribution in [0.25, 0.3) is 0 Å². The van der Waals surface area contributed by atoms with Crippen LogP contribution in [0.15, 0.2) is 0 Å². The van der Waals surface area contributed by atoms with E-state index in [1.807, 2.05) is 0 Å². The van der Waals surface area contributed by atoms with Gasteiger partial charge in [0.25, 0.3) is 0 Å². The van der Waals surface area contributed by atoms with E-state index in [0.717, 1.165) is 102 Å². The van der Waals surface area contributed by atoms with Gasteiger partial charge in [-0.15, -0.1) is 0 Å². The summed E-state index contributed by atoms with van der Waals surface area (Å²) in [5.74, 6) is 3.03. The highest BCUT2D eigenvalue weighted by Gasteiger charge is 2.22. The molecule has 0 aromatic rings. The number of nitrogens with zero attached hydrogens (tertiary/aromatic N) is 2. The first-order valence-corrected chi connectivity index (χ1v) is 27.9. The van der Waals surface area contributed by atoms with Crippen LogP contribution in [-0.2, 0) is 19.1 Å². The van der Waals surface area contributed by atoms with Crippen molar-refractivity contribution in [3.8, 4) is 0 Å². The second-order valence-corrected chi connectivity index (χ2v) is 20.3. The molecule has 0 aromatic heterocycles. The van der Waals surface area contributed by atoms with Gasteiger partial charge in [-0.1, -0.05) is 156 Å². The molecule has 356 valence electrons. The number of carbonyl (C=O) groups is 2. The predicted octanol–water partition coefficient (Wildman–Crippen LogP) is 12.1. The van der Waals surface area contributed by atoms with Gasteiger partial charge in [-0.3, -0.25) is 14.5 Å². The lowest BCUT2D eigenvalue weighted by Crippen LogP contribution is -2.43. The van der Waals surface area contributed by atoms with Crippen LogP contribution in [-0.4, -0.2) is 120 Å². The molecule has 0 radical (unpaired) electrons. The summed E-state index contributed by atoms with van der Waals surface area (Å²) in [6, 6.07) is 0. The summed E-state index contributed by atoms with van der Waals surface area (Å²) in [6.07, 6.45) is 31.4. The lowest BCUT2D eigenvalue weighted by Gasteiger charge is -2.29. The average Bonchev–Trinajstić information content (AvgIpc) is 3.77. The second-order valence-electron chi connectivity index (χ2n) is 18.0. The van der Waals surface area contributed by atoms with Gasteiger partial charge in [0.2, 0.25) is 0 Å². The van der Waals surface area contributed by atoms with E-state index < -0.39 is 12.2 Å². The molecule has 1 aliphatic rings. The number of aliphatic hydroxyl groups excluding tert-OH is 2. The number of ether oxygens (including phenoxy) is 2. The third kappa shape index (κ3) is 34.0. The second kappa shape index (κ2) is 42.4. The van der Waals surface area contributed by atoms with E-state index >= 15 is 0 Å². The number of hydrogen-bond acceptors (Lipinski definition) is 10. The van der Waals surface area contributed by atoms with Crippen LogP contribution in [0.2, 0.25) is 0 Å². The minimum atomic E-state index is -0.480. The first-order chi connectivity index (χ1) is 29.3. The monoisotopic (exact) mass is 887 g/mol. The topological polar surface area (TPSA) is 99.5 Å². The summed E-state index contributed by atoms with van der Waals surface area (Å²) in [6.45, 7) is 15.0. The van der Waals surface area contributed by atoms with Crippen molar-refractivity contribution in [1.82, 2.24) is 9.80 Å². The van der Waals surface area contributed by atoms with E-state index in [-0.39, 0.29) is 23.8 Å². The Morgan fingerprint density at radius 2 is 0.883 bits per heavy atom. The lowest BCUT2D eigenvalue weighted by molar-refractivity contribution is -0.150. The molecule has 0 bridgehead atoms. The largest absolute Gasteiger partial charge is 0.465 e. The quantitative estimate of drug-likeness (QED) is 0.0454. The van der Waals surface area contributed by atoms with E-state index in [0.29, 0.717) is 37.8 Å². The Morgan fingerprint density at radius 3 is 1.27 bits per heavy atom. The average molecular weight is 887 g/mol. The molecule has 4 atom stereocenters. The predicted molar refractivity (Wildman–Crippen MR) is 260 cm³/mol. The molecule has 1 heterocycles. The number of hydrogen-bond donors (Lipinski definition) is 2. The van der Waals surface area contributed by atoms with Gasteiger partial charge in [0.1, 0.15) is 0 Å². The number of thioether (sulfide) groups is 2. The summed E-state index contributed by atoms with van der Waals surface area (Å²) in [5.41, 5.74) is 0. The molecule has 4 unspecified atom stereocenters. The fraction of sp³-hybridized carbons (Fsp3) is 0.960. The van der Waals surface area contributed by atoms with Crippen LogP contribution >= 0.6 is 23.5 Å². The number of aliphatic hydroxyl groups is 2. The standard InChI is InChI=1S/C50H98N2O6S2/c1-5-9-13-17-19-23-31-45(29-21-15-11-7-3)49(55)57-37-27-39-59-43-47(53)41-52(36-35-51-33-25-26-34-51)42-48(54)44-60-40-28-38-58-50(56)46(30-22-16-12-8-4)32-24-20-18-14-10-6-2/h45-48,53-54H,5-44H2,1-4H3. The lowest BCUT2D eigenvalue weighted by atomic mass is 9.94. The molecule has 0 amide bonds. The van der Waals surface area contributed by atoms with Crippen molar-refractivity contribution < 1.29 is 29.3 Å². The van der Waals surface area contributed by atoms with Gasteiger partial charge in [0.15, 0.2) is 0 Å². The molecule has 10 heteroatoms. The molecular formula is C50H98N2O6S2. The van der Waals surface area contributed by atoms with E-state index in [1.54, 1.807) is 23.5 Å². The van der Waals surface area contributed by atoms with Gasteiger partial charge in [0.05, 0.1) is 37.3 Å². The van der Waals surface area contributed by atoms with Crippen molar-refractivity contribution in [3.05, 3.63) is 0 Å². The Labute approximate surface area is 380 Å². The van der Waals surface area contributed by atoms with E-state index in [9.17, 15) is 19.8 Å². The molecule has 60 heavy (non-hydrogen) atoms. The Morgan fingerprint density at radius 1 is 0.533 bits per heavy atom. The minimum Gasteiger partial charge on any atom is -0.465 e. The molecule has 1 saturated heterocycles. The van der Waals surface area contributed by atoms with Crippen LogP contribution in [0.5, 0.6) is 0 Å². The molecule has 1 aliphatic heterocycles. The van der Waals surface area contributed by atoms with Crippen LogP contribution < -0.4 is 0 Å². The number of likely N-dealkylation sites (tertiary alicyclic amines) is 1. The van der Waals surface area contributed by atoms with Gasteiger partial charge < -0.3 is 24.6 Å². The maximum atomic E-state index is 13.0. The molecule has 1 rings (SSSR count). The van der Waals surface area contributed by atoms with Gasteiger partial charge in [-0.2, -0.15) is 23.5 Å². The third-order valence-electron chi connectivity index (χ3n) is 12.1. The van der Waals surface area contributed by atoms with Crippen molar-refractivity contribution in [2.24, 2.45) is 11.8 Å². The molecular weight excluding hydrogens is 789 g/mol. The van der Waals surface area contributed by atoms with Crippen molar-refractivity contribution in [2.45, 2.75) is 220 Å². The highest BCUT2D eigenvalue weighted by Crippen LogP contribution is 2.22. The highest BCUT2D eigenvalue weighted by atomic mass is 32.2. The summed E-state index contributed by atoms with van der Waals surface area (Å²) in [7, 11) is 0. The third-order valence-corrected chi connectivity index (χ3v) is 14.5. The van der Waals surface area contributed by atoms with Crippen molar-refractivity contribution >= 4 is 35.5 Å². The Kier molecular flexibility index (Phi) is 40.7. The van der Waals surface area contributed by atoms with Gasteiger partial charge in [-0.25, -0.2) is 0 Å². The van der Waals surface area contributed by atoms with Crippen molar-refractivity contribution in [1.29, 1.82) is 0 Å². The Hall–Kier alpha value is -0.520. The smallest absolute Gasteiger partial charge is 0.308 e.